The summed E-state index contributed by atoms with van der Waals surface area (Å²) in [6, 6.07) is 6.62. The van der Waals surface area contributed by atoms with Crippen LogP contribution in [0.4, 0.5) is 4.39 Å². The van der Waals surface area contributed by atoms with E-state index in [1.54, 1.807) is 0 Å². The van der Waals surface area contributed by atoms with Crippen molar-refractivity contribution in [1.82, 2.24) is 0 Å². The van der Waals surface area contributed by atoms with Crippen LogP contribution in [0.2, 0.25) is 0 Å². The zero-order chi connectivity index (χ0) is 9.68. The van der Waals surface area contributed by atoms with Gasteiger partial charge in [0.1, 0.15) is 5.82 Å². The van der Waals surface area contributed by atoms with Crippen LogP contribution in [0.15, 0.2) is 24.3 Å². The summed E-state index contributed by atoms with van der Waals surface area (Å²) in [5, 5.41) is 0. The molecule has 0 heterocycles. The summed E-state index contributed by atoms with van der Waals surface area (Å²) in [6.45, 7) is 2.13. The van der Waals surface area contributed by atoms with Crippen molar-refractivity contribution < 1.29 is 4.39 Å². The minimum atomic E-state index is -0.187. The van der Waals surface area contributed by atoms with Crippen molar-refractivity contribution >= 4 is 11.6 Å². The molecule has 0 amide bonds. The fourth-order valence-electron chi connectivity index (χ4n) is 1.42. The Labute approximate surface area is 83.7 Å². The molecule has 0 saturated heterocycles. The molecule has 0 fully saturated rings. The molecule has 72 valence electrons. The summed E-state index contributed by atoms with van der Waals surface area (Å²) in [4.78, 5) is 0. The van der Waals surface area contributed by atoms with Crippen molar-refractivity contribution in [2.24, 2.45) is 0 Å². The molecular weight excluding hydrogens is 187 g/mol. The maximum Gasteiger partial charge on any atom is 0.123 e. The van der Waals surface area contributed by atoms with E-state index in [0.717, 1.165) is 18.4 Å². The molecular formula is C11H14ClF. The number of hydrogen-bond donors (Lipinski definition) is 0. The van der Waals surface area contributed by atoms with Gasteiger partial charge >= 0.3 is 0 Å². The average Bonchev–Trinajstić information content (AvgIpc) is 2.16. The van der Waals surface area contributed by atoms with E-state index >= 15 is 0 Å². The maximum atomic E-state index is 12.6. The van der Waals surface area contributed by atoms with Crippen LogP contribution in [0.3, 0.4) is 0 Å². The monoisotopic (exact) mass is 200 g/mol. The van der Waals surface area contributed by atoms with Gasteiger partial charge in [-0.15, -0.1) is 11.6 Å². The molecule has 0 aliphatic heterocycles. The van der Waals surface area contributed by atoms with Gasteiger partial charge < -0.3 is 0 Å². The molecule has 0 spiro atoms. The van der Waals surface area contributed by atoms with Crippen molar-refractivity contribution in [3.05, 3.63) is 35.6 Å². The number of hydrogen-bond acceptors (Lipinski definition) is 0. The molecule has 1 rings (SSSR count). The molecule has 0 N–H and O–H groups in total. The predicted octanol–water partition coefficient (Wildman–Crippen LogP) is 3.95. The van der Waals surface area contributed by atoms with E-state index in [4.69, 9.17) is 11.6 Å². The van der Waals surface area contributed by atoms with E-state index in [9.17, 15) is 4.39 Å². The van der Waals surface area contributed by atoms with E-state index in [0.29, 0.717) is 11.8 Å². The van der Waals surface area contributed by atoms with Crippen LogP contribution in [0.25, 0.3) is 0 Å². The van der Waals surface area contributed by atoms with Gasteiger partial charge in [0.15, 0.2) is 0 Å². The summed E-state index contributed by atoms with van der Waals surface area (Å²) in [7, 11) is 0. The second kappa shape index (κ2) is 5.23. The smallest absolute Gasteiger partial charge is 0.123 e. The van der Waals surface area contributed by atoms with E-state index in [-0.39, 0.29) is 5.82 Å². The van der Waals surface area contributed by atoms with Crippen molar-refractivity contribution in [2.75, 3.05) is 5.88 Å². The SMILES string of the molecule is CCCC(CCl)c1ccc(F)cc1. The Bertz CT molecular complexity index is 243. The van der Waals surface area contributed by atoms with Gasteiger partial charge in [0.05, 0.1) is 0 Å². The highest BCUT2D eigenvalue weighted by atomic mass is 35.5. The Morgan fingerprint density at radius 3 is 2.38 bits per heavy atom. The van der Waals surface area contributed by atoms with Crippen LogP contribution in [0.1, 0.15) is 31.2 Å². The van der Waals surface area contributed by atoms with E-state index in [1.165, 1.54) is 12.1 Å². The number of benzene rings is 1. The fraction of sp³-hybridized carbons (Fsp3) is 0.455. The lowest BCUT2D eigenvalue weighted by molar-refractivity contribution is 0.622. The standard InChI is InChI=1S/C11H14ClF/c1-2-3-10(8-12)9-4-6-11(13)7-5-9/h4-7,10H,2-3,8H2,1H3. The quantitative estimate of drug-likeness (QED) is 0.646. The zero-order valence-electron chi connectivity index (χ0n) is 7.76. The lowest BCUT2D eigenvalue weighted by atomic mass is 9.96. The number of halogens is 2. The molecule has 0 aliphatic rings. The summed E-state index contributed by atoms with van der Waals surface area (Å²) in [5.41, 5.74) is 1.14. The van der Waals surface area contributed by atoms with Crippen LogP contribution in [0, 0.1) is 5.82 Å². The lowest BCUT2D eigenvalue weighted by Crippen LogP contribution is -1.99. The van der Waals surface area contributed by atoms with E-state index in [1.807, 2.05) is 12.1 Å². The van der Waals surface area contributed by atoms with Crippen LogP contribution in [-0.4, -0.2) is 5.88 Å². The summed E-state index contributed by atoms with van der Waals surface area (Å²) < 4.78 is 12.6. The highest BCUT2D eigenvalue weighted by molar-refractivity contribution is 6.18. The predicted molar refractivity (Wildman–Crippen MR) is 54.8 cm³/mol. The molecule has 1 atom stereocenters. The lowest BCUT2D eigenvalue weighted by Gasteiger charge is -2.12. The second-order valence-corrected chi connectivity index (χ2v) is 3.50. The molecule has 0 nitrogen and oxygen atoms in total. The van der Waals surface area contributed by atoms with Crippen molar-refractivity contribution in [1.29, 1.82) is 0 Å². The molecule has 1 unspecified atom stereocenters. The van der Waals surface area contributed by atoms with E-state index < -0.39 is 0 Å². The van der Waals surface area contributed by atoms with Crippen LogP contribution in [-0.2, 0) is 0 Å². The van der Waals surface area contributed by atoms with Crippen LogP contribution in [0.5, 0.6) is 0 Å². The normalized spacial score (nSPS) is 12.8. The highest BCUT2D eigenvalue weighted by Gasteiger charge is 2.08. The van der Waals surface area contributed by atoms with Gasteiger partial charge in [-0.3, -0.25) is 0 Å². The molecule has 0 saturated carbocycles. The summed E-state index contributed by atoms with van der Waals surface area (Å²) >= 11 is 5.83. The molecule has 13 heavy (non-hydrogen) atoms. The van der Waals surface area contributed by atoms with Crippen LogP contribution < -0.4 is 0 Å². The molecule has 0 aromatic heterocycles. The molecule has 0 bridgehead atoms. The van der Waals surface area contributed by atoms with Gasteiger partial charge in [-0.25, -0.2) is 4.39 Å². The fourth-order valence-corrected chi connectivity index (χ4v) is 1.75. The molecule has 2 heteroatoms. The molecule has 0 aliphatic carbocycles. The number of rotatable bonds is 4. The summed E-state index contributed by atoms with van der Waals surface area (Å²) in [6.07, 6.45) is 2.17. The van der Waals surface area contributed by atoms with Gasteiger partial charge in [0.25, 0.3) is 0 Å². The maximum absolute atomic E-state index is 12.6. The van der Waals surface area contributed by atoms with Crippen molar-refractivity contribution in [2.45, 2.75) is 25.7 Å². The third-order valence-corrected chi connectivity index (χ3v) is 2.54. The Balaban J connectivity index is 2.73. The highest BCUT2D eigenvalue weighted by Crippen LogP contribution is 2.22. The van der Waals surface area contributed by atoms with Gasteiger partial charge in [-0.2, -0.15) is 0 Å². The first kappa shape index (κ1) is 10.5. The Kier molecular flexibility index (Phi) is 4.23. The number of alkyl halides is 1. The van der Waals surface area contributed by atoms with Crippen molar-refractivity contribution in [3.8, 4) is 0 Å². The molecule has 1 aromatic carbocycles. The first-order chi connectivity index (χ1) is 6.27. The van der Waals surface area contributed by atoms with Crippen molar-refractivity contribution in [3.63, 3.8) is 0 Å². The topological polar surface area (TPSA) is 0 Å². The second-order valence-electron chi connectivity index (χ2n) is 3.19. The third-order valence-electron chi connectivity index (χ3n) is 2.16. The Morgan fingerprint density at radius 2 is 1.92 bits per heavy atom. The molecule has 0 radical (unpaired) electrons. The van der Waals surface area contributed by atoms with Gasteiger partial charge in [0.2, 0.25) is 0 Å². The summed E-state index contributed by atoms with van der Waals surface area (Å²) in [5.74, 6) is 0.792. The Morgan fingerprint density at radius 1 is 1.31 bits per heavy atom. The first-order valence-corrected chi connectivity index (χ1v) is 5.12. The van der Waals surface area contributed by atoms with Crippen LogP contribution >= 0.6 is 11.6 Å². The molecule has 1 aromatic rings. The third kappa shape index (κ3) is 3.00. The van der Waals surface area contributed by atoms with Gasteiger partial charge in [-0.05, 0) is 30.0 Å². The minimum Gasteiger partial charge on any atom is -0.207 e. The zero-order valence-corrected chi connectivity index (χ0v) is 8.52. The minimum absolute atomic E-state index is 0.187. The van der Waals surface area contributed by atoms with Gasteiger partial charge in [-0.1, -0.05) is 25.5 Å². The Hall–Kier alpha value is -0.560. The average molecular weight is 201 g/mol. The van der Waals surface area contributed by atoms with E-state index in [2.05, 4.69) is 6.92 Å². The van der Waals surface area contributed by atoms with Gasteiger partial charge in [0, 0.05) is 5.88 Å². The largest absolute Gasteiger partial charge is 0.207 e. The first-order valence-electron chi connectivity index (χ1n) is 4.59.